The molecule has 2 aliphatic heterocycles. The van der Waals surface area contributed by atoms with Crippen LogP contribution in [0.4, 0.5) is 22.2 Å². The molecule has 3 heterocycles. The van der Waals surface area contributed by atoms with E-state index in [0.29, 0.717) is 16.6 Å². The first-order valence-electron chi connectivity index (χ1n) is 9.53. The summed E-state index contributed by atoms with van der Waals surface area (Å²) in [5, 5.41) is 8.48. The summed E-state index contributed by atoms with van der Waals surface area (Å²) in [5.74, 6) is 1.20. The van der Waals surface area contributed by atoms with Crippen molar-refractivity contribution < 1.29 is 14.3 Å². The summed E-state index contributed by atoms with van der Waals surface area (Å²) in [6, 6.07) is 13.6. The Hall–Kier alpha value is -3.26. The first-order chi connectivity index (χ1) is 14.2. The number of benzene rings is 2. The van der Waals surface area contributed by atoms with Gasteiger partial charge in [0, 0.05) is 41.6 Å². The molecule has 5 rings (SSSR count). The summed E-state index contributed by atoms with van der Waals surface area (Å²) in [5.41, 5.74) is 3.16. The molecule has 0 saturated carbocycles. The maximum absolute atomic E-state index is 12.5. The van der Waals surface area contributed by atoms with Gasteiger partial charge < -0.3 is 25.0 Å². The van der Waals surface area contributed by atoms with E-state index >= 15 is 0 Å². The molecule has 0 bridgehead atoms. The van der Waals surface area contributed by atoms with Gasteiger partial charge in [0.2, 0.25) is 6.79 Å². The molecule has 7 nitrogen and oxygen atoms in total. The lowest BCUT2D eigenvalue weighted by Gasteiger charge is -2.17. The zero-order valence-electron chi connectivity index (χ0n) is 15.7. The molecule has 2 aromatic carbocycles. The first-order valence-corrected chi connectivity index (χ1v) is 10.4. The molecule has 3 aromatic rings. The van der Waals surface area contributed by atoms with Crippen molar-refractivity contribution in [1.82, 2.24) is 4.98 Å². The topological polar surface area (TPSA) is 75.7 Å². The van der Waals surface area contributed by atoms with Gasteiger partial charge in [-0.05, 0) is 49.2 Å². The molecule has 148 valence electrons. The van der Waals surface area contributed by atoms with Gasteiger partial charge in [-0.2, -0.15) is 0 Å². The fourth-order valence-corrected chi connectivity index (χ4v) is 4.17. The quantitative estimate of drug-likeness (QED) is 0.649. The van der Waals surface area contributed by atoms with Crippen LogP contribution in [0, 0.1) is 0 Å². The van der Waals surface area contributed by atoms with Crippen LogP contribution < -0.4 is 25.0 Å². The van der Waals surface area contributed by atoms with Gasteiger partial charge in [0.1, 0.15) is 5.69 Å². The van der Waals surface area contributed by atoms with Gasteiger partial charge in [0.25, 0.3) is 5.91 Å². The van der Waals surface area contributed by atoms with E-state index in [0.717, 1.165) is 30.2 Å². The van der Waals surface area contributed by atoms with E-state index in [1.54, 1.807) is 5.38 Å². The highest BCUT2D eigenvalue weighted by atomic mass is 32.1. The summed E-state index contributed by atoms with van der Waals surface area (Å²) in [7, 11) is 0. The second kappa shape index (κ2) is 7.63. The summed E-state index contributed by atoms with van der Waals surface area (Å²) < 4.78 is 10.7. The van der Waals surface area contributed by atoms with E-state index < -0.39 is 0 Å². The van der Waals surface area contributed by atoms with E-state index in [2.05, 4.69) is 32.7 Å². The molecular formula is C21H20N4O3S. The maximum Gasteiger partial charge on any atom is 0.275 e. The number of hydrogen-bond donors (Lipinski definition) is 2. The molecule has 0 spiro atoms. The third kappa shape index (κ3) is 3.84. The number of carbonyl (C=O) groups excluding carboxylic acids is 1. The standard InChI is InChI=1S/C21H20N4O3S/c26-20(22-14-3-6-16(7-4-14)25-9-1-2-10-25)17-12-29-21(24-17)23-15-5-8-18-19(11-15)28-13-27-18/h3-8,11-12H,1-2,9-10,13H2,(H,22,26)(H,23,24). The second-order valence-corrected chi connectivity index (χ2v) is 7.78. The van der Waals surface area contributed by atoms with Crippen molar-refractivity contribution in [3.8, 4) is 11.5 Å². The normalized spacial score (nSPS) is 14.8. The number of carbonyl (C=O) groups is 1. The van der Waals surface area contributed by atoms with Gasteiger partial charge in [0.05, 0.1) is 0 Å². The van der Waals surface area contributed by atoms with E-state index in [9.17, 15) is 4.79 Å². The summed E-state index contributed by atoms with van der Waals surface area (Å²) >= 11 is 1.37. The third-order valence-electron chi connectivity index (χ3n) is 4.96. The average molecular weight is 408 g/mol. The Morgan fingerprint density at radius 3 is 2.59 bits per heavy atom. The van der Waals surface area contributed by atoms with Crippen LogP contribution in [0.3, 0.4) is 0 Å². The lowest BCUT2D eigenvalue weighted by atomic mass is 10.2. The first kappa shape index (κ1) is 17.8. The fraction of sp³-hybridized carbons (Fsp3) is 0.238. The monoisotopic (exact) mass is 408 g/mol. The summed E-state index contributed by atoms with van der Waals surface area (Å²) in [4.78, 5) is 19.3. The average Bonchev–Trinajstić information content (AvgIpc) is 3.50. The number of nitrogens with one attached hydrogen (secondary N) is 2. The molecule has 0 radical (unpaired) electrons. The molecule has 29 heavy (non-hydrogen) atoms. The molecule has 2 aliphatic rings. The highest BCUT2D eigenvalue weighted by molar-refractivity contribution is 7.14. The molecule has 2 N–H and O–H groups in total. The molecule has 1 amide bonds. The number of anilines is 4. The Morgan fingerprint density at radius 1 is 1.00 bits per heavy atom. The largest absolute Gasteiger partial charge is 0.454 e. The van der Waals surface area contributed by atoms with Gasteiger partial charge in [0.15, 0.2) is 16.6 Å². The molecule has 1 saturated heterocycles. The number of thiazole rings is 1. The number of nitrogens with zero attached hydrogens (tertiary/aromatic N) is 2. The lowest BCUT2D eigenvalue weighted by molar-refractivity contribution is 0.102. The minimum Gasteiger partial charge on any atom is -0.454 e. The Kier molecular flexibility index (Phi) is 4.69. The number of fused-ring (bicyclic) bond motifs is 1. The van der Waals surface area contributed by atoms with Crippen LogP contribution in [-0.4, -0.2) is 30.8 Å². The van der Waals surface area contributed by atoms with Crippen LogP contribution in [0.1, 0.15) is 23.3 Å². The van der Waals surface area contributed by atoms with Gasteiger partial charge in [-0.1, -0.05) is 0 Å². The maximum atomic E-state index is 12.5. The van der Waals surface area contributed by atoms with E-state index in [4.69, 9.17) is 9.47 Å². The van der Waals surface area contributed by atoms with Crippen molar-refractivity contribution in [3.63, 3.8) is 0 Å². The molecule has 8 heteroatoms. The van der Waals surface area contributed by atoms with Gasteiger partial charge in [-0.15, -0.1) is 11.3 Å². The second-order valence-electron chi connectivity index (χ2n) is 6.93. The summed E-state index contributed by atoms with van der Waals surface area (Å²) in [6.07, 6.45) is 2.48. The number of amides is 1. The predicted molar refractivity (Wildman–Crippen MR) is 114 cm³/mol. The van der Waals surface area contributed by atoms with E-state index in [1.165, 1.54) is 29.9 Å². The van der Waals surface area contributed by atoms with Gasteiger partial charge >= 0.3 is 0 Å². The van der Waals surface area contributed by atoms with Crippen LogP contribution in [0.5, 0.6) is 11.5 Å². The predicted octanol–water partition coefficient (Wildman–Crippen LogP) is 4.47. The minimum atomic E-state index is -0.228. The molecule has 0 aliphatic carbocycles. The van der Waals surface area contributed by atoms with Crippen molar-refractivity contribution in [2.24, 2.45) is 0 Å². The van der Waals surface area contributed by atoms with Crippen molar-refractivity contribution in [3.05, 3.63) is 53.5 Å². The SMILES string of the molecule is O=C(Nc1ccc(N2CCCC2)cc1)c1csc(Nc2ccc3c(c2)OCO3)n1. The third-order valence-corrected chi connectivity index (χ3v) is 5.71. The summed E-state index contributed by atoms with van der Waals surface area (Å²) in [6.45, 7) is 2.44. The highest BCUT2D eigenvalue weighted by Crippen LogP contribution is 2.35. The Balaban J connectivity index is 1.22. The van der Waals surface area contributed by atoms with Crippen molar-refractivity contribution in [2.45, 2.75) is 12.8 Å². The van der Waals surface area contributed by atoms with Crippen LogP contribution in [0.25, 0.3) is 0 Å². The molecule has 0 atom stereocenters. The highest BCUT2D eigenvalue weighted by Gasteiger charge is 2.16. The Morgan fingerprint density at radius 2 is 1.76 bits per heavy atom. The Bertz CT molecular complexity index is 1030. The van der Waals surface area contributed by atoms with Crippen molar-refractivity contribution in [1.29, 1.82) is 0 Å². The number of aromatic nitrogens is 1. The zero-order valence-corrected chi connectivity index (χ0v) is 16.5. The lowest BCUT2D eigenvalue weighted by Crippen LogP contribution is -2.17. The van der Waals surface area contributed by atoms with Crippen LogP contribution in [0.15, 0.2) is 47.8 Å². The molecule has 0 unspecified atom stereocenters. The van der Waals surface area contributed by atoms with Gasteiger partial charge in [-0.3, -0.25) is 4.79 Å². The molecule has 1 fully saturated rings. The Labute approximate surface area is 172 Å². The minimum absolute atomic E-state index is 0.228. The molecule has 1 aromatic heterocycles. The number of hydrogen-bond acceptors (Lipinski definition) is 7. The zero-order chi connectivity index (χ0) is 19.6. The van der Waals surface area contributed by atoms with E-state index in [-0.39, 0.29) is 12.7 Å². The number of rotatable bonds is 5. The smallest absolute Gasteiger partial charge is 0.275 e. The van der Waals surface area contributed by atoms with Crippen molar-refractivity contribution in [2.75, 3.05) is 35.4 Å². The van der Waals surface area contributed by atoms with Gasteiger partial charge in [-0.25, -0.2) is 4.98 Å². The van der Waals surface area contributed by atoms with E-state index in [1.807, 2.05) is 30.3 Å². The number of ether oxygens (including phenoxy) is 2. The van der Waals surface area contributed by atoms with Crippen molar-refractivity contribution >= 4 is 39.4 Å². The van der Waals surface area contributed by atoms with Crippen LogP contribution in [0.2, 0.25) is 0 Å². The van der Waals surface area contributed by atoms with Crippen LogP contribution >= 0.6 is 11.3 Å². The molecular weight excluding hydrogens is 388 g/mol. The van der Waals surface area contributed by atoms with Crippen LogP contribution in [-0.2, 0) is 0 Å². The fourth-order valence-electron chi connectivity index (χ4n) is 3.46.